The highest BCUT2D eigenvalue weighted by molar-refractivity contribution is 6.35. The highest BCUT2D eigenvalue weighted by Gasteiger charge is 2.61. The van der Waals surface area contributed by atoms with Gasteiger partial charge in [-0.15, -0.1) is 0 Å². The second-order valence-electron chi connectivity index (χ2n) is 11.1. The van der Waals surface area contributed by atoms with E-state index < -0.39 is 47.2 Å². The fourth-order valence-electron chi connectivity index (χ4n) is 6.79. The van der Waals surface area contributed by atoms with Gasteiger partial charge in [0.1, 0.15) is 22.1 Å². The topological polar surface area (TPSA) is 130 Å². The Labute approximate surface area is 251 Å². The minimum Gasteiger partial charge on any atom is -0.507 e. The van der Waals surface area contributed by atoms with Crippen LogP contribution in [0.4, 0.5) is 0 Å². The number of carbonyl (C=O) groups excluding carboxylic acids is 3. The molecule has 3 aliphatic rings. The molecule has 224 valence electrons. The molecule has 0 bridgehead atoms. The minimum absolute atomic E-state index is 0.00392. The largest absolute Gasteiger partial charge is 0.507 e. The highest BCUT2D eigenvalue weighted by Crippen LogP contribution is 2.55. The average molecular weight is 608 g/mol. The van der Waals surface area contributed by atoms with Gasteiger partial charge in [0.05, 0.1) is 33.3 Å². The molecule has 3 unspecified atom stereocenters. The van der Waals surface area contributed by atoms with Gasteiger partial charge in [0, 0.05) is 42.0 Å². The summed E-state index contributed by atoms with van der Waals surface area (Å²) in [6.07, 6.45) is 0.937. The van der Waals surface area contributed by atoms with Crippen LogP contribution in [0, 0.1) is 5.92 Å². The summed E-state index contributed by atoms with van der Waals surface area (Å²) < 4.78 is 23.6. The summed E-state index contributed by atoms with van der Waals surface area (Å²) in [6.45, 7) is 2.07. The first-order valence-corrected chi connectivity index (χ1v) is 14.3. The maximum atomic E-state index is 14.2. The third kappa shape index (κ3) is 4.06. The summed E-state index contributed by atoms with van der Waals surface area (Å²) in [7, 11) is 3.96. The molecule has 0 saturated heterocycles. The number of Topliss-reactive ketones (excluding diaryl/α,β-unsaturated/α-hetero) is 2. The number of rotatable bonds is 6. The Morgan fingerprint density at radius 2 is 1.91 bits per heavy atom. The molecule has 3 heterocycles. The summed E-state index contributed by atoms with van der Waals surface area (Å²) in [5.74, 6) is -4.35. The van der Waals surface area contributed by atoms with Crippen molar-refractivity contribution in [2.75, 3.05) is 21.3 Å². The van der Waals surface area contributed by atoms with Crippen molar-refractivity contribution in [1.29, 1.82) is 0 Å². The number of methoxy groups -OCH3 is 3. The van der Waals surface area contributed by atoms with Crippen molar-refractivity contribution in [3.05, 3.63) is 73.7 Å². The lowest BCUT2D eigenvalue weighted by molar-refractivity contribution is -0.140. The van der Waals surface area contributed by atoms with E-state index in [1.165, 1.54) is 27.4 Å². The molecule has 3 aromatic rings. The molecule has 1 aliphatic carbocycles. The normalized spacial score (nSPS) is 21.6. The van der Waals surface area contributed by atoms with Crippen LogP contribution in [-0.2, 0) is 27.3 Å². The number of benzene rings is 2. The Morgan fingerprint density at radius 1 is 1.16 bits per heavy atom. The van der Waals surface area contributed by atoms with Gasteiger partial charge in [-0.05, 0) is 29.9 Å². The predicted molar refractivity (Wildman–Crippen MR) is 157 cm³/mol. The number of fused-ring (bicyclic) bond motifs is 1. The molecule has 0 fully saturated rings. The molecule has 43 heavy (non-hydrogen) atoms. The summed E-state index contributed by atoms with van der Waals surface area (Å²) >= 11 is 6.56. The molecular formula is C32H30ClNO9. The SMILES string of the molecule is COC(=O)CC(C1=C(O)C2(Oc3c(Cl)c(OC)cc(OC)c3C2=O)C(C)CC1=O)c1cc2cccc3c2n(c1=O)CCC3. The standard InChI is InChI=1S/C32H30ClNO9/c1-15-11-20(35)24(29(37)32(15)30(38)25-21(40-2)14-22(41-3)26(33)28(25)43-32)18(13-23(36)42-4)19-12-17-8-5-7-16-9-6-10-34(27(16)17)31(19)39/h5,7-8,12,14-15,18,37H,6,9-11,13H2,1-4H3. The predicted octanol–water partition coefficient (Wildman–Crippen LogP) is 4.70. The third-order valence-corrected chi connectivity index (χ3v) is 9.24. The smallest absolute Gasteiger partial charge is 0.306 e. The quantitative estimate of drug-likeness (QED) is 0.396. The number of ketones is 2. The van der Waals surface area contributed by atoms with E-state index in [0.29, 0.717) is 6.54 Å². The average Bonchev–Trinajstić information content (AvgIpc) is 3.32. The molecule has 1 spiro atoms. The zero-order valence-corrected chi connectivity index (χ0v) is 24.9. The number of carbonyl (C=O) groups is 3. The Balaban J connectivity index is 1.61. The number of hydrogen-bond acceptors (Lipinski definition) is 9. The first kappa shape index (κ1) is 28.8. The molecular weight excluding hydrogens is 578 g/mol. The van der Waals surface area contributed by atoms with Crippen LogP contribution in [0.1, 0.15) is 53.6 Å². The van der Waals surface area contributed by atoms with E-state index in [1.54, 1.807) is 17.6 Å². The van der Waals surface area contributed by atoms with Crippen molar-refractivity contribution >= 4 is 40.0 Å². The molecule has 6 rings (SSSR count). The van der Waals surface area contributed by atoms with Gasteiger partial charge < -0.3 is 28.6 Å². The number of halogens is 1. The maximum Gasteiger partial charge on any atom is 0.306 e. The first-order valence-electron chi connectivity index (χ1n) is 14.0. The van der Waals surface area contributed by atoms with Gasteiger partial charge in [-0.2, -0.15) is 0 Å². The van der Waals surface area contributed by atoms with Gasteiger partial charge in [-0.3, -0.25) is 19.2 Å². The lowest BCUT2D eigenvalue weighted by Crippen LogP contribution is -2.53. The van der Waals surface area contributed by atoms with Gasteiger partial charge in [0.15, 0.2) is 17.3 Å². The van der Waals surface area contributed by atoms with Crippen LogP contribution < -0.4 is 19.8 Å². The molecule has 1 N–H and O–H groups in total. The fourth-order valence-corrected chi connectivity index (χ4v) is 7.06. The number of nitrogens with zero attached hydrogens (tertiary/aromatic N) is 1. The van der Waals surface area contributed by atoms with Crippen molar-refractivity contribution in [2.24, 2.45) is 5.92 Å². The van der Waals surface area contributed by atoms with E-state index in [-0.39, 0.29) is 51.0 Å². The lowest BCUT2D eigenvalue weighted by atomic mass is 9.69. The van der Waals surface area contributed by atoms with E-state index in [0.717, 1.165) is 29.3 Å². The Morgan fingerprint density at radius 3 is 2.60 bits per heavy atom. The molecule has 11 heteroatoms. The summed E-state index contributed by atoms with van der Waals surface area (Å²) in [5.41, 5.74) is -0.724. The van der Waals surface area contributed by atoms with Crippen LogP contribution in [0.15, 0.2) is 46.5 Å². The molecule has 2 aromatic carbocycles. The number of ether oxygens (including phenoxy) is 4. The third-order valence-electron chi connectivity index (χ3n) is 8.89. The van der Waals surface area contributed by atoms with Crippen LogP contribution in [0.25, 0.3) is 10.9 Å². The maximum absolute atomic E-state index is 14.2. The van der Waals surface area contributed by atoms with E-state index in [1.807, 2.05) is 18.2 Å². The summed E-state index contributed by atoms with van der Waals surface area (Å²) in [5, 5.41) is 12.8. The zero-order valence-electron chi connectivity index (χ0n) is 24.1. The fraction of sp³-hybridized carbons (Fsp3) is 0.375. The molecule has 3 atom stereocenters. The number of esters is 1. The second-order valence-corrected chi connectivity index (χ2v) is 11.5. The van der Waals surface area contributed by atoms with Gasteiger partial charge in [0.25, 0.3) is 5.56 Å². The van der Waals surface area contributed by atoms with Crippen molar-refractivity contribution in [3.8, 4) is 17.2 Å². The molecule has 0 saturated carbocycles. The van der Waals surface area contributed by atoms with Crippen molar-refractivity contribution in [2.45, 2.75) is 50.7 Å². The van der Waals surface area contributed by atoms with Gasteiger partial charge in [-0.1, -0.05) is 36.7 Å². The van der Waals surface area contributed by atoms with Gasteiger partial charge >= 0.3 is 5.97 Å². The number of aliphatic hydroxyl groups excluding tert-OH is 1. The number of pyridine rings is 1. The van der Waals surface area contributed by atoms with Crippen LogP contribution in [0.2, 0.25) is 5.02 Å². The Kier molecular flexibility index (Phi) is 7.00. The number of hydrogen-bond donors (Lipinski definition) is 1. The van der Waals surface area contributed by atoms with Crippen molar-refractivity contribution in [3.63, 3.8) is 0 Å². The van der Waals surface area contributed by atoms with E-state index in [4.69, 9.17) is 30.5 Å². The minimum atomic E-state index is -2.06. The number of aromatic nitrogens is 1. The van der Waals surface area contributed by atoms with Gasteiger partial charge in [0.2, 0.25) is 11.4 Å². The summed E-state index contributed by atoms with van der Waals surface area (Å²) in [6, 6.07) is 8.83. The van der Waals surface area contributed by atoms with Crippen LogP contribution in [-0.4, -0.2) is 54.1 Å². The number of para-hydroxylation sites is 1. The second kappa shape index (κ2) is 10.4. The Bertz CT molecular complexity index is 1820. The molecule has 1 aromatic heterocycles. The number of aliphatic hydroxyl groups is 1. The van der Waals surface area contributed by atoms with Crippen LogP contribution >= 0.6 is 11.6 Å². The molecule has 0 radical (unpaired) electrons. The van der Waals surface area contributed by atoms with E-state index in [2.05, 4.69) is 0 Å². The monoisotopic (exact) mass is 607 g/mol. The highest BCUT2D eigenvalue weighted by atomic mass is 35.5. The molecule has 2 aliphatic heterocycles. The van der Waals surface area contributed by atoms with E-state index in [9.17, 15) is 24.3 Å². The van der Waals surface area contributed by atoms with Crippen molar-refractivity contribution < 1.29 is 38.4 Å². The van der Waals surface area contributed by atoms with Crippen LogP contribution in [0.3, 0.4) is 0 Å². The molecule has 10 nitrogen and oxygen atoms in total. The zero-order chi connectivity index (χ0) is 30.8. The first-order chi connectivity index (χ1) is 20.6. The number of aryl methyl sites for hydroxylation is 2. The van der Waals surface area contributed by atoms with Crippen molar-refractivity contribution in [1.82, 2.24) is 4.57 Å². The summed E-state index contributed by atoms with van der Waals surface area (Å²) in [4.78, 5) is 54.8. The lowest BCUT2D eigenvalue weighted by Gasteiger charge is -2.38. The number of allylic oxidation sites excluding steroid dienone is 1. The Hall–Kier alpha value is -4.31. The van der Waals surface area contributed by atoms with Crippen LogP contribution in [0.5, 0.6) is 17.2 Å². The van der Waals surface area contributed by atoms with Gasteiger partial charge in [-0.25, -0.2) is 0 Å². The van der Waals surface area contributed by atoms with E-state index >= 15 is 0 Å². The molecule has 0 amide bonds.